The van der Waals surface area contributed by atoms with E-state index >= 15 is 0 Å². The smallest absolute Gasteiger partial charge is 0.310 e. The summed E-state index contributed by atoms with van der Waals surface area (Å²) in [7, 11) is 0. The lowest BCUT2D eigenvalue weighted by Gasteiger charge is -2.71. The Bertz CT molecular complexity index is 1190. The van der Waals surface area contributed by atoms with Gasteiger partial charge in [0.2, 0.25) is 5.91 Å². The molecule has 0 heterocycles. The van der Waals surface area contributed by atoms with Crippen molar-refractivity contribution in [2.75, 3.05) is 13.2 Å². The van der Waals surface area contributed by atoms with E-state index in [9.17, 15) is 19.5 Å². The summed E-state index contributed by atoms with van der Waals surface area (Å²) in [4.78, 5) is 37.7. The van der Waals surface area contributed by atoms with Crippen LogP contribution in [0.5, 0.6) is 0 Å². The Hall–Kier alpha value is -1.89. The maximum atomic E-state index is 12.9. The van der Waals surface area contributed by atoms with E-state index in [4.69, 9.17) is 9.84 Å². The summed E-state index contributed by atoms with van der Waals surface area (Å²) >= 11 is 0. The molecular formula is C37H59NO6. The van der Waals surface area contributed by atoms with Crippen LogP contribution >= 0.6 is 0 Å². The number of hydrogen-bond donors (Lipinski definition) is 3. The molecule has 0 saturated heterocycles. The number of aliphatic carboxylic acids is 1. The van der Waals surface area contributed by atoms with Gasteiger partial charge in [0.1, 0.15) is 6.10 Å². The van der Waals surface area contributed by atoms with E-state index in [0.717, 1.165) is 64.2 Å². The fraction of sp³-hybridized carbons (Fsp3) is 0.865. The summed E-state index contributed by atoms with van der Waals surface area (Å²) in [5.41, 5.74) is 1.07. The lowest BCUT2D eigenvalue weighted by atomic mass is 9.33. The maximum absolute atomic E-state index is 12.9. The largest absolute Gasteiger partial charge is 0.481 e. The zero-order valence-electron chi connectivity index (χ0n) is 28.5. The number of aliphatic hydroxyl groups excluding tert-OH is 1. The summed E-state index contributed by atoms with van der Waals surface area (Å²) in [5.74, 6) is 0.104. The molecule has 1 amide bonds. The number of fused-ring (bicyclic) bond motifs is 7. The first kappa shape index (κ1) is 33.5. The second kappa shape index (κ2) is 11.4. The van der Waals surface area contributed by atoms with Crippen LogP contribution < -0.4 is 5.32 Å². The van der Waals surface area contributed by atoms with Crippen LogP contribution in [0.1, 0.15) is 132 Å². The minimum Gasteiger partial charge on any atom is -0.481 e. The SMILES string of the molecule is CC1(C)CC[C@]2(C(=O)O)CC[C@]3(C)C(=CC[C@@H]4[C@@]5(C)CC[C@H](OC(=O)CCCC(=O)NCCO)C(C)(C)[C@@H]5CC[C@]43C)[C@@H]2C1. The average Bonchev–Trinajstić information content (AvgIpc) is 2.93. The number of carbonyl (C=O) groups is 3. The highest BCUT2D eigenvalue weighted by atomic mass is 16.5. The number of carboxylic acid groups (broad SMARTS) is 1. The Kier molecular flexibility index (Phi) is 8.69. The van der Waals surface area contributed by atoms with Crippen molar-refractivity contribution in [2.45, 2.75) is 138 Å². The van der Waals surface area contributed by atoms with Crippen LogP contribution in [0, 0.1) is 50.2 Å². The zero-order chi connectivity index (χ0) is 32.3. The number of amides is 1. The minimum absolute atomic E-state index is 0.00212. The second-order valence-corrected chi connectivity index (χ2v) is 17.4. The standard InChI is InChI=1S/C37H59NO6/c1-32(2)17-19-37(31(42)43)20-18-35(6)24(25(37)23-32)11-12-27-34(5)15-14-28(33(3,4)26(34)13-16-36(27,35)7)44-30(41)10-8-9-29(40)38-21-22-39/h11,25-28,39H,8-10,12-23H2,1-7H3,(H,38,40)(H,42,43)/t25-,26-,27+,28-,34-,35+,36+,37-/m0/s1. The molecule has 4 fully saturated rings. The third kappa shape index (κ3) is 5.15. The molecular weight excluding hydrogens is 554 g/mol. The van der Waals surface area contributed by atoms with Crippen molar-refractivity contribution < 1.29 is 29.3 Å². The molecule has 3 N–H and O–H groups in total. The number of ether oxygens (including phenoxy) is 1. The Morgan fingerprint density at radius 2 is 1.61 bits per heavy atom. The Morgan fingerprint density at radius 1 is 0.909 bits per heavy atom. The first-order chi connectivity index (χ1) is 20.5. The van der Waals surface area contributed by atoms with Gasteiger partial charge in [0.05, 0.1) is 12.0 Å². The summed E-state index contributed by atoms with van der Waals surface area (Å²) in [6, 6.07) is 0. The number of carbonyl (C=O) groups excluding carboxylic acids is 2. The fourth-order valence-corrected chi connectivity index (χ4v) is 11.7. The molecule has 248 valence electrons. The highest BCUT2D eigenvalue weighted by Crippen LogP contribution is 2.75. The van der Waals surface area contributed by atoms with Gasteiger partial charge in [-0.05, 0) is 110 Å². The number of aliphatic hydroxyl groups is 1. The predicted molar refractivity (Wildman–Crippen MR) is 171 cm³/mol. The first-order valence-electron chi connectivity index (χ1n) is 17.5. The molecule has 5 aliphatic carbocycles. The van der Waals surface area contributed by atoms with Crippen molar-refractivity contribution in [2.24, 2.45) is 50.2 Å². The molecule has 0 spiro atoms. The first-order valence-corrected chi connectivity index (χ1v) is 17.5. The Morgan fingerprint density at radius 3 is 2.30 bits per heavy atom. The van der Waals surface area contributed by atoms with Gasteiger partial charge in [-0.1, -0.05) is 60.1 Å². The van der Waals surface area contributed by atoms with E-state index in [0.29, 0.717) is 18.3 Å². The van der Waals surface area contributed by atoms with Crippen molar-refractivity contribution in [3.63, 3.8) is 0 Å². The molecule has 4 saturated carbocycles. The van der Waals surface area contributed by atoms with Gasteiger partial charge in [-0.3, -0.25) is 14.4 Å². The molecule has 7 nitrogen and oxygen atoms in total. The molecule has 0 bridgehead atoms. The number of rotatable bonds is 8. The lowest BCUT2D eigenvalue weighted by Crippen LogP contribution is -2.65. The van der Waals surface area contributed by atoms with Crippen molar-refractivity contribution in [1.29, 1.82) is 0 Å². The van der Waals surface area contributed by atoms with Crippen LogP contribution in [0.25, 0.3) is 0 Å². The number of esters is 1. The molecule has 0 aromatic heterocycles. The van der Waals surface area contributed by atoms with E-state index in [1.165, 1.54) is 5.57 Å². The Labute approximate surface area is 265 Å². The molecule has 8 atom stereocenters. The molecule has 0 unspecified atom stereocenters. The molecule has 0 aliphatic heterocycles. The topological polar surface area (TPSA) is 113 Å². The van der Waals surface area contributed by atoms with Crippen LogP contribution in [0.15, 0.2) is 11.6 Å². The van der Waals surface area contributed by atoms with Crippen LogP contribution in [0.4, 0.5) is 0 Å². The molecule has 0 radical (unpaired) electrons. The Balaban J connectivity index is 1.35. The van der Waals surface area contributed by atoms with Gasteiger partial charge in [0.25, 0.3) is 0 Å². The predicted octanol–water partition coefficient (Wildman–Crippen LogP) is 7.06. The van der Waals surface area contributed by atoms with Gasteiger partial charge in [-0.25, -0.2) is 0 Å². The highest BCUT2D eigenvalue weighted by Gasteiger charge is 2.69. The van der Waals surface area contributed by atoms with Crippen LogP contribution in [0.3, 0.4) is 0 Å². The summed E-state index contributed by atoms with van der Waals surface area (Å²) < 4.78 is 6.16. The summed E-state index contributed by atoms with van der Waals surface area (Å²) in [6.07, 6.45) is 12.9. The quantitative estimate of drug-likeness (QED) is 0.200. The number of nitrogens with one attached hydrogen (secondary N) is 1. The second-order valence-electron chi connectivity index (χ2n) is 17.4. The summed E-state index contributed by atoms with van der Waals surface area (Å²) in [5, 5.41) is 22.1. The maximum Gasteiger partial charge on any atom is 0.310 e. The fourth-order valence-electron chi connectivity index (χ4n) is 11.7. The van der Waals surface area contributed by atoms with Gasteiger partial charge in [-0.15, -0.1) is 0 Å². The van der Waals surface area contributed by atoms with Crippen molar-refractivity contribution in [1.82, 2.24) is 5.32 Å². The highest BCUT2D eigenvalue weighted by molar-refractivity contribution is 5.77. The van der Waals surface area contributed by atoms with Gasteiger partial charge >= 0.3 is 11.9 Å². The third-order valence-electron chi connectivity index (χ3n) is 14.5. The molecule has 5 aliphatic rings. The monoisotopic (exact) mass is 613 g/mol. The van der Waals surface area contributed by atoms with Gasteiger partial charge < -0.3 is 20.3 Å². The number of allylic oxidation sites excluding steroid dienone is 2. The van der Waals surface area contributed by atoms with Crippen molar-refractivity contribution in [3.05, 3.63) is 11.6 Å². The molecule has 0 aromatic rings. The molecule has 0 aromatic carbocycles. The van der Waals surface area contributed by atoms with Gasteiger partial charge in [-0.2, -0.15) is 0 Å². The van der Waals surface area contributed by atoms with Crippen LogP contribution in [0.2, 0.25) is 0 Å². The number of hydrogen-bond acceptors (Lipinski definition) is 5. The summed E-state index contributed by atoms with van der Waals surface area (Å²) in [6.45, 7) is 17.0. The average molecular weight is 614 g/mol. The zero-order valence-corrected chi connectivity index (χ0v) is 28.5. The van der Waals surface area contributed by atoms with Gasteiger partial charge in [0.15, 0.2) is 0 Å². The van der Waals surface area contributed by atoms with E-state index in [-0.39, 0.29) is 77.0 Å². The third-order valence-corrected chi connectivity index (χ3v) is 14.5. The minimum atomic E-state index is -0.613. The van der Waals surface area contributed by atoms with Crippen LogP contribution in [-0.4, -0.2) is 47.3 Å². The van der Waals surface area contributed by atoms with Crippen molar-refractivity contribution in [3.8, 4) is 0 Å². The van der Waals surface area contributed by atoms with E-state index in [1.807, 2.05) is 0 Å². The van der Waals surface area contributed by atoms with E-state index in [1.54, 1.807) is 0 Å². The molecule has 44 heavy (non-hydrogen) atoms. The van der Waals surface area contributed by atoms with Gasteiger partial charge in [0, 0.05) is 24.8 Å². The number of carboxylic acids is 1. The van der Waals surface area contributed by atoms with E-state index < -0.39 is 11.4 Å². The molecule has 5 rings (SSSR count). The normalized spacial score (nSPS) is 42.0. The van der Waals surface area contributed by atoms with Crippen LogP contribution in [-0.2, 0) is 19.1 Å². The molecule has 7 heteroatoms. The van der Waals surface area contributed by atoms with Crippen molar-refractivity contribution >= 4 is 17.8 Å². The van der Waals surface area contributed by atoms with E-state index in [2.05, 4.69) is 59.9 Å². The lowest BCUT2D eigenvalue weighted by molar-refractivity contribution is -0.214.